The second-order valence-electron chi connectivity index (χ2n) is 11.7. The van der Waals surface area contributed by atoms with Gasteiger partial charge >= 0.3 is 0 Å². The summed E-state index contributed by atoms with van der Waals surface area (Å²) in [6.45, 7) is 7.49. The molecule has 2 atom stereocenters. The summed E-state index contributed by atoms with van der Waals surface area (Å²) in [4.78, 5) is 15.7. The van der Waals surface area contributed by atoms with Gasteiger partial charge in [-0.3, -0.25) is 4.79 Å². The van der Waals surface area contributed by atoms with E-state index in [-0.39, 0.29) is 46.5 Å². The number of carbonyl (C=O) groups is 1. The van der Waals surface area contributed by atoms with Crippen LogP contribution in [0.2, 0.25) is 5.02 Å². The highest BCUT2D eigenvalue weighted by atomic mass is 35.5. The first-order chi connectivity index (χ1) is 17.0. The molecule has 3 aliphatic rings. The van der Waals surface area contributed by atoms with E-state index in [0.29, 0.717) is 24.5 Å². The molecule has 0 aromatic heterocycles. The molecule has 7 nitrogen and oxygen atoms in total. The third-order valence-electron chi connectivity index (χ3n) is 8.48. The topological polar surface area (TPSA) is 90.0 Å². The van der Waals surface area contributed by atoms with Gasteiger partial charge < -0.3 is 15.3 Å². The van der Waals surface area contributed by atoms with Crippen molar-refractivity contribution in [3.05, 3.63) is 29.3 Å². The standard InChI is InChI=1S/C27H42ClN3O4S/c1-4-22-6-5-7-24(31(22)36(34,35)23-10-8-20(28)9-11-23)27(14-15-27)18-25(33)30-16-12-21(13-17-30)29-26(2,3)19-32/h8-11,21-22,24,29,32H,4-7,12-19H2,1-3H3/t22-,24-/m1/s1. The van der Waals surface area contributed by atoms with Crippen LogP contribution in [0.1, 0.15) is 78.6 Å². The number of hydrogen-bond donors (Lipinski definition) is 2. The van der Waals surface area contributed by atoms with Crippen LogP contribution in [0.4, 0.5) is 0 Å². The molecule has 0 spiro atoms. The maximum absolute atomic E-state index is 13.9. The van der Waals surface area contributed by atoms with Crippen LogP contribution in [0.3, 0.4) is 0 Å². The lowest BCUT2D eigenvalue weighted by Gasteiger charge is -2.45. The van der Waals surface area contributed by atoms with Gasteiger partial charge in [-0.05, 0) is 88.5 Å². The zero-order valence-electron chi connectivity index (χ0n) is 21.9. The van der Waals surface area contributed by atoms with E-state index in [9.17, 15) is 18.3 Å². The molecule has 2 aliphatic heterocycles. The highest BCUT2D eigenvalue weighted by Gasteiger charge is 2.57. The summed E-state index contributed by atoms with van der Waals surface area (Å²) in [7, 11) is -3.70. The molecule has 1 saturated carbocycles. The van der Waals surface area contributed by atoms with Crippen molar-refractivity contribution in [2.75, 3.05) is 19.7 Å². The van der Waals surface area contributed by atoms with Crippen LogP contribution in [0.5, 0.6) is 0 Å². The maximum atomic E-state index is 13.9. The van der Waals surface area contributed by atoms with Crippen LogP contribution in [0, 0.1) is 5.41 Å². The van der Waals surface area contributed by atoms with E-state index in [4.69, 9.17) is 11.6 Å². The third-order valence-corrected chi connectivity index (χ3v) is 10.7. The van der Waals surface area contributed by atoms with Crippen molar-refractivity contribution >= 4 is 27.5 Å². The highest BCUT2D eigenvalue weighted by Crippen LogP contribution is 2.57. The van der Waals surface area contributed by atoms with Gasteiger partial charge in [0.05, 0.1) is 11.5 Å². The number of halogens is 1. The largest absolute Gasteiger partial charge is 0.394 e. The summed E-state index contributed by atoms with van der Waals surface area (Å²) >= 11 is 6.03. The van der Waals surface area contributed by atoms with Crippen LogP contribution in [0.15, 0.2) is 29.2 Å². The smallest absolute Gasteiger partial charge is 0.243 e. The minimum Gasteiger partial charge on any atom is -0.394 e. The predicted octanol–water partition coefficient (Wildman–Crippen LogP) is 4.18. The molecule has 9 heteroatoms. The Bertz CT molecular complexity index is 1020. The molecule has 1 aromatic rings. The quantitative estimate of drug-likeness (QED) is 0.491. The van der Waals surface area contributed by atoms with Gasteiger partial charge in [-0.1, -0.05) is 24.9 Å². The molecule has 0 bridgehead atoms. The molecule has 1 amide bonds. The number of rotatable bonds is 9. The number of nitrogens with one attached hydrogen (secondary N) is 1. The Morgan fingerprint density at radius 1 is 1.14 bits per heavy atom. The van der Waals surface area contributed by atoms with Crippen molar-refractivity contribution in [1.29, 1.82) is 0 Å². The first kappa shape index (κ1) is 27.8. The molecule has 202 valence electrons. The molecule has 36 heavy (non-hydrogen) atoms. The Morgan fingerprint density at radius 3 is 2.33 bits per heavy atom. The van der Waals surface area contributed by atoms with Gasteiger partial charge in [-0.25, -0.2) is 8.42 Å². The van der Waals surface area contributed by atoms with Gasteiger partial charge in [0.25, 0.3) is 0 Å². The molecule has 3 fully saturated rings. The lowest BCUT2D eigenvalue weighted by molar-refractivity contribution is -0.134. The van der Waals surface area contributed by atoms with Crippen LogP contribution < -0.4 is 5.32 Å². The zero-order valence-corrected chi connectivity index (χ0v) is 23.5. The fourth-order valence-corrected chi connectivity index (χ4v) is 8.34. The number of amides is 1. The van der Waals surface area contributed by atoms with E-state index in [1.807, 2.05) is 18.7 Å². The normalized spacial score (nSPS) is 25.6. The molecular weight excluding hydrogens is 498 g/mol. The van der Waals surface area contributed by atoms with E-state index in [1.54, 1.807) is 28.6 Å². The number of carbonyl (C=O) groups excluding carboxylic acids is 1. The average molecular weight is 540 g/mol. The summed E-state index contributed by atoms with van der Waals surface area (Å²) in [5.41, 5.74) is -0.594. The summed E-state index contributed by atoms with van der Waals surface area (Å²) < 4.78 is 29.5. The molecule has 4 rings (SSSR count). The number of hydrogen-bond acceptors (Lipinski definition) is 5. The van der Waals surface area contributed by atoms with Crippen molar-refractivity contribution < 1.29 is 18.3 Å². The molecule has 0 unspecified atom stereocenters. The van der Waals surface area contributed by atoms with Crippen molar-refractivity contribution in [1.82, 2.24) is 14.5 Å². The van der Waals surface area contributed by atoms with Gasteiger partial charge in [-0.15, -0.1) is 0 Å². The Kier molecular flexibility index (Phi) is 8.42. The minimum atomic E-state index is -3.70. The SMILES string of the molecule is CC[C@@H]1CCC[C@H](C2(CC(=O)N3CCC(NC(C)(C)CO)CC3)CC2)N1S(=O)(=O)c1ccc(Cl)cc1. The molecule has 2 N–H and O–H groups in total. The van der Waals surface area contributed by atoms with Crippen molar-refractivity contribution in [3.8, 4) is 0 Å². The number of likely N-dealkylation sites (tertiary alicyclic amines) is 1. The number of piperidine rings is 2. The third kappa shape index (κ3) is 5.93. The van der Waals surface area contributed by atoms with Crippen LogP contribution in [-0.4, -0.2) is 72.0 Å². The maximum Gasteiger partial charge on any atom is 0.243 e. The lowest BCUT2D eigenvalue weighted by Crippen LogP contribution is -2.55. The van der Waals surface area contributed by atoms with E-state index in [0.717, 1.165) is 51.4 Å². The summed E-state index contributed by atoms with van der Waals surface area (Å²) in [5, 5.41) is 13.6. The number of aliphatic hydroxyl groups is 1. The van der Waals surface area contributed by atoms with Crippen LogP contribution in [-0.2, 0) is 14.8 Å². The molecule has 2 saturated heterocycles. The van der Waals surface area contributed by atoms with Crippen molar-refractivity contribution in [2.45, 2.75) is 107 Å². The summed E-state index contributed by atoms with van der Waals surface area (Å²) in [6.07, 6.45) is 7.35. The molecular formula is C27H42ClN3O4S. The highest BCUT2D eigenvalue weighted by molar-refractivity contribution is 7.89. The molecule has 0 radical (unpaired) electrons. The summed E-state index contributed by atoms with van der Waals surface area (Å²) in [5.74, 6) is 0.148. The number of benzene rings is 1. The van der Waals surface area contributed by atoms with Crippen LogP contribution in [0.25, 0.3) is 0 Å². The van der Waals surface area contributed by atoms with Gasteiger partial charge in [-0.2, -0.15) is 4.31 Å². The zero-order chi connectivity index (χ0) is 26.1. The Labute approximate surface area is 221 Å². The Balaban J connectivity index is 1.47. The first-order valence-electron chi connectivity index (χ1n) is 13.5. The molecule has 2 heterocycles. The predicted molar refractivity (Wildman–Crippen MR) is 142 cm³/mol. The van der Waals surface area contributed by atoms with Gasteiger partial charge in [0.15, 0.2) is 0 Å². The lowest BCUT2D eigenvalue weighted by atomic mass is 9.83. The van der Waals surface area contributed by atoms with E-state index in [2.05, 4.69) is 12.2 Å². The second kappa shape index (κ2) is 10.9. The minimum absolute atomic E-state index is 0.0475. The van der Waals surface area contributed by atoms with Crippen molar-refractivity contribution in [2.24, 2.45) is 5.41 Å². The number of aliphatic hydroxyl groups excluding tert-OH is 1. The van der Waals surface area contributed by atoms with Gasteiger partial charge in [0, 0.05) is 48.2 Å². The van der Waals surface area contributed by atoms with E-state index in [1.165, 1.54) is 0 Å². The Hall–Kier alpha value is -1.19. The monoisotopic (exact) mass is 539 g/mol. The molecule has 1 aliphatic carbocycles. The fourth-order valence-electron chi connectivity index (χ4n) is 6.18. The van der Waals surface area contributed by atoms with Gasteiger partial charge in [0.1, 0.15) is 0 Å². The Morgan fingerprint density at radius 2 is 1.78 bits per heavy atom. The van der Waals surface area contributed by atoms with E-state index < -0.39 is 10.0 Å². The van der Waals surface area contributed by atoms with Crippen LogP contribution >= 0.6 is 11.6 Å². The number of nitrogens with zero attached hydrogens (tertiary/aromatic N) is 2. The van der Waals surface area contributed by atoms with Crippen molar-refractivity contribution in [3.63, 3.8) is 0 Å². The second-order valence-corrected chi connectivity index (χ2v) is 14.0. The number of sulfonamides is 1. The first-order valence-corrected chi connectivity index (χ1v) is 15.3. The molecule has 1 aromatic carbocycles. The fraction of sp³-hybridized carbons (Fsp3) is 0.741. The average Bonchev–Trinajstić information content (AvgIpc) is 3.64. The van der Waals surface area contributed by atoms with E-state index >= 15 is 0 Å². The summed E-state index contributed by atoms with van der Waals surface area (Å²) in [6, 6.07) is 6.54. The van der Waals surface area contributed by atoms with Gasteiger partial charge in [0.2, 0.25) is 15.9 Å².